The summed E-state index contributed by atoms with van der Waals surface area (Å²) in [5, 5.41) is 12.4. The lowest BCUT2D eigenvalue weighted by atomic mass is 10.4. The number of aryl methyl sites for hydroxylation is 2. The number of nitrogens with one attached hydrogen (secondary N) is 1. The second kappa shape index (κ2) is 2.81. The average molecular weight is 141 g/mol. The summed E-state index contributed by atoms with van der Waals surface area (Å²) in [7, 11) is 1.87. The smallest absolute Gasteiger partial charge is 0.0788 e. The Morgan fingerprint density at radius 3 is 2.90 bits per heavy atom. The van der Waals surface area contributed by atoms with Crippen LogP contribution in [0.4, 0.5) is 0 Å². The Labute approximate surface area is 59.4 Å². The highest BCUT2D eigenvalue weighted by molar-refractivity contribution is 5.07. The van der Waals surface area contributed by atoms with E-state index in [9.17, 15) is 0 Å². The number of rotatable bonds is 2. The lowest BCUT2D eigenvalue weighted by Gasteiger charge is -1.90. The van der Waals surface area contributed by atoms with Gasteiger partial charge in [0.25, 0.3) is 0 Å². The maximum absolute atomic E-state index is 8.32. The van der Waals surface area contributed by atoms with E-state index in [-0.39, 0.29) is 0 Å². The molecule has 4 heteroatoms. The quantitative estimate of drug-likeness (QED) is 0.579. The second-order valence-corrected chi connectivity index (χ2v) is 2.24. The first kappa shape index (κ1) is 7.24. The Hall–Kier alpha value is -0.870. The van der Waals surface area contributed by atoms with E-state index in [0.29, 0.717) is 6.54 Å². The molecule has 1 rings (SSSR count). The minimum absolute atomic E-state index is 0.404. The van der Waals surface area contributed by atoms with E-state index >= 15 is 0 Å². The summed E-state index contributed by atoms with van der Waals surface area (Å²) in [6.45, 7) is 2.37. The minimum Gasteiger partial charge on any atom is -0.316 e. The second-order valence-electron chi connectivity index (χ2n) is 2.24. The van der Waals surface area contributed by atoms with Crippen LogP contribution >= 0.6 is 0 Å². The monoisotopic (exact) mass is 141 g/mol. The van der Waals surface area contributed by atoms with Crippen molar-refractivity contribution in [1.29, 1.82) is 0 Å². The zero-order chi connectivity index (χ0) is 7.56. The highest BCUT2D eigenvalue weighted by Crippen LogP contribution is 1.99. The molecule has 0 aliphatic rings. The van der Waals surface area contributed by atoms with Crippen molar-refractivity contribution in [2.75, 3.05) is 0 Å². The van der Waals surface area contributed by atoms with E-state index in [1.165, 1.54) is 0 Å². The van der Waals surface area contributed by atoms with Gasteiger partial charge in [-0.2, -0.15) is 10.6 Å². The van der Waals surface area contributed by atoms with Gasteiger partial charge >= 0.3 is 0 Å². The van der Waals surface area contributed by atoms with E-state index < -0.39 is 0 Å². The lowest BCUT2D eigenvalue weighted by Crippen LogP contribution is -2.06. The minimum atomic E-state index is 0.404. The molecule has 2 N–H and O–H groups in total. The maximum atomic E-state index is 8.32. The van der Waals surface area contributed by atoms with Gasteiger partial charge in [-0.1, -0.05) is 0 Å². The van der Waals surface area contributed by atoms with Crippen LogP contribution in [-0.2, 0) is 13.6 Å². The van der Waals surface area contributed by atoms with Gasteiger partial charge in [0, 0.05) is 12.7 Å². The molecule has 0 unspecified atom stereocenters. The molecular formula is C6H11N3O. The largest absolute Gasteiger partial charge is 0.316 e. The van der Waals surface area contributed by atoms with E-state index in [1.54, 1.807) is 4.68 Å². The highest BCUT2D eigenvalue weighted by atomic mass is 16.5. The van der Waals surface area contributed by atoms with Crippen molar-refractivity contribution in [1.82, 2.24) is 15.3 Å². The molecule has 0 atom stereocenters. The van der Waals surface area contributed by atoms with Crippen LogP contribution in [0.5, 0.6) is 0 Å². The van der Waals surface area contributed by atoms with Crippen molar-refractivity contribution in [2.45, 2.75) is 13.5 Å². The van der Waals surface area contributed by atoms with Crippen LogP contribution < -0.4 is 5.48 Å². The molecule has 4 nitrogen and oxygen atoms in total. The van der Waals surface area contributed by atoms with Crippen molar-refractivity contribution in [3.63, 3.8) is 0 Å². The van der Waals surface area contributed by atoms with Crippen molar-refractivity contribution >= 4 is 0 Å². The molecular weight excluding hydrogens is 130 g/mol. The van der Waals surface area contributed by atoms with Crippen LogP contribution in [0, 0.1) is 6.92 Å². The molecule has 10 heavy (non-hydrogen) atoms. The van der Waals surface area contributed by atoms with Crippen LogP contribution in [0.2, 0.25) is 0 Å². The molecule has 56 valence electrons. The van der Waals surface area contributed by atoms with Crippen LogP contribution in [0.3, 0.4) is 0 Å². The van der Waals surface area contributed by atoms with Gasteiger partial charge in [-0.05, 0) is 13.0 Å². The topological polar surface area (TPSA) is 50.1 Å². The Kier molecular flexibility index (Phi) is 2.03. The summed E-state index contributed by atoms with van der Waals surface area (Å²) >= 11 is 0. The van der Waals surface area contributed by atoms with Gasteiger partial charge < -0.3 is 5.21 Å². The third-order valence-electron chi connectivity index (χ3n) is 1.42. The van der Waals surface area contributed by atoms with Gasteiger partial charge in [0.15, 0.2) is 0 Å². The molecule has 0 saturated heterocycles. The van der Waals surface area contributed by atoms with Gasteiger partial charge in [-0.15, -0.1) is 0 Å². The van der Waals surface area contributed by atoms with Gasteiger partial charge in [0.1, 0.15) is 0 Å². The summed E-state index contributed by atoms with van der Waals surface area (Å²) in [5.41, 5.74) is 3.99. The highest BCUT2D eigenvalue weighted by Gasteiger charge is 1.98. The Bertz CT molecular complexity index is 199. The van der Waals surface area contributed by atoms with Crippen molar-refractivity contribution < 1.29 is 5.21 Å². The molecule has 0 aromatic carbocycles. The standard InChI is InChI=1S/C6H11N3O/c1-5-3-6(4-7-10)8-9(5)2/h3,7,10H,4H2,1-2H3. The number of hydroxylamine groups is 1. The molecule has 0 bridgehead atoms. The average Bonchev–Trinajstić information content (AvgIpc) is 2.14. The van der Waals surface area contributed by atoms with Gasteiger partial charge in [0.05, 0.1) is 12.2 Å². The normalized spacial score (nSPS) is 10.3. The lowest BCUT2D eigenvalue weighted by molar-refractivity contribution is 0.160. The van der Waals surface area contributed by atoms with Crippen LogP contribution in [-0.4, -0.2) is 15.0 Å². The third kappa shape index (κ3) is 1.34. The molecule has 0 amide bonds. The van der Waals surface area contributed by atoms with Crippen molar-refractivity contribution in [3.8, 4) is 0 Å². The summed E-state index contributed by atoms with van der Waals surface area (Å²) in [6, 6.07) is 1.92. The first-order chi connectivity index (χ1) is 4.74. The predicted molar refractivity (Wildman–Crippen MR) is 36.6 cm³/mol. The fourth-order valence-electron chi connectivity index (χ4n) is 0.802. The molecule has 0 spiro atoms. The number of hydrogen-bond donors (Lipinski definition) is 2. The first-order valence-corrected chi connectivity index (χ1v) is 3.10. The molecule has 0 saturated carbocycles. The van der Waals surface area contributed by atoms with Crippen LogP contribution in [0.25, 0.3) is 0 Å². The van der Waals surface area contributed by atoms with E-state index in [2.05, 4.69) is 5.10 Å². The Balaban J connectivity index is 2.77. The maximum Gasteiger partial charge on any atom is 0.0788 e. The molecule has 1 heterocycles. The molecule has 0 radical (unpaired) electrons. The van der Waals surface area contributed by atoms with Crippen LogP contribution in [0.1, 0.15) is 11.4 Å². The molecule has 1 aromatic rings. The van der Waals surface area contributed by atoms with Gasteiger partial charge in [-0.25, -0.2) is 0 Å². The summed E-state index contributed by atoms with van der Waals surface area (Å²) in [4.78, 5) is 0. The number of hydrogen-bond acceptors (Lipinski definition) is 3. The zero-order valence-corrected chi connectivity index (χ0v) is 6.13. The Morgan fingerprint density at radius 2 is 2.50 bits per heavy atom. The van der Waals surface area contributed by atoms with E-state index in [0.717, 1.165) is 11.4 Å². The third-order valence-corrected chi connectivity index (χ3v) is 1.42. The molecule has 0 aliphatic heterocycles. The zero-order valence-electron chi connectivity index (χ0n) is 6.13. The summed E-state index contributed by atoms with van der Waals surface area (Å²) in [6.07, 6.45) is 0. The fraction of sp³-hybridized carbons (Fsp3) is 0.500. The van der Waals surface area contributed by atoms with Gasteiger partial charge in [0.2, 0.25) is 0 Å². The summed E-state index contributed by atoms with van der Waals surface area (Å²) in [5.74, 6) is 0. The predicted octanol–water partition coefficient (Wildman–Crippen LogP) is 0.207. The summed E-state index contributed by atoms with van der Waals surface area (Å²) < 4.78 is 1.77. The Morgan fingerprint density at radius 1 is 1.80 bits per heavy atom. The SMILES string of the molecule is Cc1cc(CNO)nn1C. The molecule has 0 fully saturated rings. The molecule has 0 aliphatic carbocycles. The first-order valence-electron chi connectivity index (χ1n) is 3.10. The number of nitrogens with zero attached hydrogens (tertiary/aromatic N) is 2. The van der Waals surface area contributed by atoms with E-state index in [1.807, 2.05) is 25.5 Å². The van der Waals surface area contributed by atoms with Crippen molar-refractivity contribution in [3.05, 3.63) is 17.5 Å². The van der Waals surface area contributed by atoms with Crippen LogP contribution in [0.15, 0.2) is 6.07 Å². The molecule has 1 aromatic heterocycles. The van der Waals surface area contributed by atoms with Crippen molar-refractivity contribution in [2.24, 2.45) is 7.05 Å². The van der Waals surface area contributed by atoms with E-state index in [4.69, 9.17) is 5.21 Å². The van der Waals surface area contributed by atoms with Gasteiger partial charge in [-0.3, -0.25) is 4.68 Å². The number of aromatic nitrogens is 2. The fourth-order valence-corrected chi connectivity index (χ4v) is 0.802.